The Labute approximate surface area is 281 Å². The molecule has 2 atom stereocenters. The fraction of sp³-hybridized carbons (Fsp3) is 0.364. The first kappa shape index (κ1) is 32.8. The van der Waals surface area contributed by atoms with Gasteiger partial charge in [-0.15, -0.1) is 11.3 Å². The van der Waals surface area contributed by atoms with E-state index >= 15 is 0 Å². The lowest BCUT2D eigenvalue weighted by molar-refractivity contribution is -0.124. The van der Waals surface area contributed by atoms with Gasteiger partial charge in [0, 0.05) is 42.3 Å². The first-order valence-corrected chi connectivity index (χ1v) is 16.7. The van der Waals surface area contributed by atoms with Crippen LogP contribution in [0.1, 0.15) is 60.2 Å². The molecule has 3 amide bonds. The minimum atomic E-state index is -0.841. The average Bonchev–Trinajstić information content (AvgIpc) is 3.88. The topological polar surface area (TPSA) is 176 Å². The molecule has 0 saturated heterocycles. The summed E-state index contributed by atoms with van der Waals surface area (Å²) in [6.07, 6.45) is 2.11. The molecule has 5 heterocycles. The predicted molar refractivity (Wildman–Crippen MR) is 178 cm³/mol. The fourth-order valence-corrected chi connectivity index (χ4v) is 6.53. The Morgan fingerprint density at radius 3 is 2.65 bits per heavy atom. The maximum absolute atomic E-state index is 13.6. The Kier molecular flexibility index (Phi) is 10.1. The SMILES string of the molecule is CC(C)C[C@H]1NC(=O)c2cc(on2)CN(Cc2ccc(-c3ccn[nH]3)s2)CCNC(=O)Cn2nc(-c3ccccc3)nc2[C@H](C)NC1=O. The maximum atomic E-state index is 13.6. The van der Waals surface area contributed by atoms with Crippen LogP contribution < -0.4 is 16.0 Å². The van der Waals surface area contributed by atoms with Crippen LogP contribution >= 0.6 is 11.3 Å². The van der Waals surface area contributed by atoms with E-state index in [-0.39, 0.29) is 30.0 Å². The summed E-state index contributed by atoms with van der Waals surface area (Å²) in [6.45, 7) is 7.39. The van der Waals surface area contributed by atoms with Gasteiger partial charge in [0.15, 0.2) is 17.3 Å². The van der Waals surface area contributed by atoms with E-state index in [9.17, 15) is 14.4 Å². The predicted octanol–water partition coefficient (Wildman–Crippen LogP) is 3.54. The normalized spacial score (nSPS) is 18.5. The third-order valence-corrected chi connectivity index (χ3v) is 8.93. The van der Waals surface area contributed by atoms with Gasteiger partial charge in [-0.1, -0.05) is 49.3 Å². The van der Waals surface area contributed by atoms with Crippen LogP contribution in [0.15, 0.2) is 65.3 Å². The van der Waals surface area contributed by atoms with Gasteiger partial charge >= 0.3 is 0 Å². The highest BCUT2D eigenvalue weighted by Crippen LogP contribution is 2.27. The Bertz CT molecular complexity index is 1850. The lowest BCUT2D eigenvalue weighted by Crippen LogP contribution is -2.48. The number of aromatic amines is 1. The molecule has 4 N–H and O–H groups in total. The van der Waals surface area contributed by atoms with Crippen LogP contribution in [0, 0.1) is 5.92 Å². The maximum Gasteiger partial charge on any atom is 0.274 e. The third-order valence-electron chi connectivity index (χ3n) is 7.83. The number of hydrogen-bond acceptors (Lipinski definition) is 10. The molecule has 6 rings (SSSR count). The van der Waals surface area contributed by atoms with Gasteiger partial charge in [-0.3, -0.25) is 24.4 Å². The van der Waals surface area contributed by atoms with Crippen molar-refractivity contribution in [2.24, 2.45) is 5.92 Å². The van der Waals surface area contributed by atoms with Gasteiger partial charge in [0.1, 0.15) is 18.4 Å². The lowest BCUT2D eigenvalue weighted by Gasteiger charge is -2.22. The monoisotopic (exact) mass is 670 g/mol. The smallest absolute Gasteiger partial charge is 0.274 e. The Morgan fingerprint density at radius 1 is 1.04 bits per heavy atom. The minimum absolute atomic E-state index is 0.0823. The average molecular weight is 671 g/mol. The van der Waals surface area contributed by atoms with E-state index in [1.165, 1.54) is 4.68 Å². The number of amides is 3. The van der Waals surface area contributed by atoms with Crippen molar-refractivity contribution in [2.75, 3.05) is 13.1 Å². The van der Waals surface area contributed by atoms with Gasteiger partial charge in [-0.2, -0.15) is 10.2 Å². The van der Waals surface area contributed by atoms with Crippen molar-refractivity contribution in [3.8, 4) is 22.0 Å². The van der Waals surface area contributed by atoms with E-state index in [2.05, 4.69) is 47.4 Å². The molecule has 0 saturated carbocycles. The van der Waals surface area contributed by atoms with Gasteiger partial charge in [0.25, 0.3) is 5.91 Å². The van der Waals surface area contributed by atoms with Crippen LogP contribution in [0.4, 0.5) is 0 Å². The molecule has 4 aromatic heterocycles. The quantitative estimate of drug-likeness (QED) is 0.211. The molecular weight excluding hydrogens is 632 g/mol. The summed E-state index contributed by atoms with van der Waals surface area (Å²) in [5.41, 5.74) is 1.80. The van der Waals surface area contributed by atoms with Gasteiger partial charge < -0.3 is 20.5 Å². The van der Waals surface area contributed by atoms with E-state index in [1.807, 2.05) is 56.3 Å². The number of aromatic nitrogens is 6. The molecule has 5 aromatic rings. The molecule has 2 bridgehead atoms. The molecule has 0 spiro atoms. The minimum Gasteiger partial charge on any atom is -0.359 e. The molecule has 1 aliphatic heterocycles. The fourth-order valence-electron chi connectivity index (χ4n) is 5.51. The van der Waals surface area contributed by atoms with E-state index in [0.717, 1.165) is 21.0 Å². The third kappa shape index (κ3) is 8.04. The van der Waals surface area contributed by atoms with Crippen molar-refractivity contribution in [2.45, 2.75) is 58.9 Å². The summed E-state index contributed by atoms with van der Waals surface area (Å²) in [5.74, 6) is 0.319. The number of carbonyl (C=O) groups excluding carboxylic acids is 3. The van der Waals surface area contributed by atoms with E-state index in [0.29, 0.717) is 50.0 Å². The molecule has 14 nitrogen and oxygen atoms in total. The standard InChI is InChI=1S/C33H38N10O4S/c1-20(2)15-26-32(45)36-21(3)31-38-30(22-7-5-4-6-8-22)40-43(31)19-29(44)34-13-14-42(17-23-16-27(41-47-23)33(46)37-26)18-24-9-10-28(48-24)25-11-12-35-39-25/h4-12,16,20-21,26H,13-15,17-19H2,1-3H3,(H,34,44)(H,35,39)(H,36,45)(H,37,46)/t21-,26+/m0/s1. The van der Waals surface area contributed by atoms with Crippen molar-refractivity contribution in [3.63, 3.8) is 0 Å². The number of fused-ring (bicyclic) bond motifs is 3. The summed E-state index contributed by atoms with van der Waals surface area (Å²) < 4.78 is 7.10. The van der Waals surface area contributed by atoms with E-state index in [4.69, 9.17) is 9.51 Å². The number of rotatable bonds is 6. The highest BCUT2D eigenvalue weighted by atomic mass is 32.1. The molecule has 15 heteroatoms. The molecular formula is C33H38N10O4S. The number of nitrogens with zero attached hydrogens (tertiary/aromatic N) is 6. The second kappa shape index (κ2) is 14.7. The van der Waals surface area contributed by atoms with Gasteiger partial charge in [0.05, 0.1) is 23.2 Å². The summed E-state index contributed by atoms with van der Waals surface area (Å²) in [5, 5.41) is 24.5. The van der Waals surface area contributed by atoms with Crippen molar-refractivity contribution in [1.29, 1.82) is 0 Å². The van der Waals surface area contributed by atoms with Crippen molar-refractivity contribution < 1.29 is 18.9 Å². The molecule has 1 aliphatic rings. The molecule has 250 valence electrons. The molecule has 0 fully saturated rings. The molecule has 0 unspecified atom stereocenters. The summed E-state index contributed by atoms with van der Waals surface area (Å²) in [4.78, 5) is 49.2. The Morgan fingerprint density at radius 2 is 1.88 bits per heavy atom. The zero-order valence-corrected chi connectivity index (χ0v) is 27.8. The highest BCUT2D eigenvalue weighted by Gasteiger charge is 2.28. The number of carbonyl (C=O) groups is 3. The second-order valence-corrected chi connectivity index (χ2v) is 13.3. The van der Waals surface area contributed by atoms with E-state index in [1.54, 1.807) is 30.5 Å². The van der Waals surface area contributed by atoms with Crippen molar-refractivity contribution in [3.05, 3.63) is 82.9 Å². The van der Waals surface area contributed by atoms with Crippen molar-refractivity contribution >= 4 is 29.1 Å². The van der Waals surface area contributed by atoms with Crippen LogP contribution in [0.3, 0.4) is 0 Å². The Hall–Kier alpha value is -5.15. The lowest BCUT2D eigenvalue weighted by atomic mass is 10.0. The van der Waals surface area contributed by atoms with Gasteiger partial charge in [-0.25, -0.2) is 9.67 Å². The number of nitrogens with one attached hydrogen (secondary N) is 4. The second-order valence-electron chi connectivity index (χ2n) is 12.2. The van der Waals surface area contributed by atoms with Crippen molar-refractivity contribution in [1.82, 2.24) is 51.0 Å². The number of H-pyrrole nitrogens is 1. The largest absolute Gasteiger partial charge is 0.359 e. The molecule has 0 aliphatic carbocycles. The van der Waals surface area contributed by atoms with Crippen LogP contribution in [0.25, 0.3) is 22.0 Å². The van der Waals surface area contributed by atoms with Crippen LogP contribution in [0.5, 0.6) is 0 Å². The van der Waals surface area contributed by atoms with Crippen LogP contribution in [-0.4, -0.2) is 71.9 Å². The highest BCUT2D eigenvalue weighted by molar-refractivity contribution is 7.15. The first-order chi connectivity index (χ1) is 23.2. The van der Waals surface area contributed by atoms with Gasteiger partial charge in [-0.05, 0) is 37.5 Å². The molecule has 48 heavy (non-hydrogen) atoms. The number of thiophene rings is 1. The molecule has 0 radical (unpaired) electrons. The zero-order chi connectivity index (χ0) is 33.6. The van der Waals surface area contributed by atoms with Crippen LogP contribution in [0.2, 0.25) is 0 Å². The first-order valence-electron chi connectivity index (χ1n) is 15.9. The van der Waals surface area contributed by atoms with Gasteiger partial charge in [0.2, 0.25) is 11.8 Å². The molecule has 1 aromatic carbocycles. The van der Waals surface area contributed by atoms with E-state index < -0.39 is 18.0 Å². The summed E-state index contributed by atoms with van der Waals surface area (Å²) in [7, 11) is 0. The Balaban J connectivity index is 1.28. The summed E-state index contributed by atoms with van der Waals surface area (Å²) >= 11 is 1.64. The number of hydrogen-bond donors (Lipinski definition) is 4. The van der Waals surface area contributed by atoms with Crippen LogP contribution in [-0.2, 0) is 29.2 Å². The summed E-state index contributed by atoms with van der Waals surface area (Å²) in [6, 6.07) is 15.6. The zero-order valence-electron chi connectivity index (χ0n) is 27.0. The number of benzene rings is 1.